The van der Waals surface area contributed by atoms with Gasteiger partial charge in [-0.1, -0.05) is 42.6 Å². The maximum atomic E-state index is 12.6. The maximum Gasteiger partial charge on any atom is 0.347 e. The molecular weight excluding hydrogens is 420 g/mol. The molecule has 2 aromatic carbocycles. The second-order valence-electron chi connectivity index (χ2n) is 7.37. The lowest BCUT2D eigenvalue weighted by Gasteiger charge is -2.16. The molecule has 0 bridgehead atoms. The number of hydrogen-bond acceptors (Lipinski definition) is 5. The van der Waals surface area contributed by atoms with Gasteiger partial charge in [-0.2, -0.15) is 0 Å². The molecule has 0 aliphatic heterocycles. The van der Waals surface area contributed by atoms with Crippen molar-refractivity contribution in [2.24, 2.45) is 0 Å². The number of carbonyl (C=O) groups excluding carboxylic acids is 3. The summed E-state index contributed by atoms with van der Waals surface area (Å²) in [6.07, 6.45) is 3.22. The molecule has 1 aliphatic rings. The first-order valence-electron chi connectivity index (χ1n) is 10.2. The third-order valence-corrected chi connectivity index (χ3v) is 5.16. The molecule has 7 nitrogen and oxygen atoms in total. The fourth-order valence-electron chi connectivity index (χ4n) is 3.36. The van der Waals surface area contributed by atoms with Crippen LogP contribution in [0.5, 0.6) is 5.75 Å². The largest absolute Gasteiger partial charge is 0.479 e. The molecule has 8 heteroatoms. The molecule has 0 saturated heterocycles. The summed E-state index contributed by atoms with van der Waals surface area (Å²) in [5.74, 6) is -1.06. The summed E-state index contributed by atoms with van der Waals surface area (Å²) in [6, 6.07) is 13.5. The van der Waals surface area contributed by atoms with Crippen LogP contribution in [0, 0.1) is 0 Å². The van der Waals surface area contributed by atoms with Gasteiger partial charge in [0, 0.05) is 11.1 Å². The van der Waals surface area contributed by atoms with Gasteiger partial charge >= 0.3 is 5.97 Å². The molecule has 0 spiro atoms. The third-order valence-electron chi connectivity index (χ3n) is 4.92. The van der Waals surface area contributed by atoms with E-state index in [1.807, 2.05) is 0 Å². The Kier molecular flexibility index (Phi) is 7.89. The number of rotatable bonds is 8. The summed E-state index contributed by atoms with van der Waals surface area (Å²) in [5.41, 5.74) is 0.731. The number of carbonyl (C=O) groups is 3. The van der Waals surface area contributed by atoms with Crippen LogP contribution in [0.4, 0.5) is 5.69 Å². The molecule has 2 N–H and O–H groups in total. The molecule has 0 radical (unpaired) electrons. The molecule has 2 amide bonds. The summed E-state index contributed by atoms with van der Waals surface area (Å²) in [6.45, 7) is 1.02. The highest BCUT2D eigenvalue weighted by molar-refractivity contribution is 6.30. The quantitative estimate of drug-likeness (QED) is 0.601. The number of anilines is 1. The van der Waals surface area contributed by atoms with Crippen LogP contribution in [0.1, 0.15) is 43.0 Å². The molecule has 164 valence electrons. The molecule has 0 aromatic heterocycles. The van der Waals surface area contributed by atoms with Crippen LogP contribution in [0.3, 0.4) is 0 Å². The van der Waals surface area contributed by atoms with E-state index in [-0.39, 0.29) is 11.9 Å². The van der Waals surface area contributed by atoms with Crippen molar-refractivity contribution in [2.45, 2.75) is 44.8 Å². The Morgan fingerprint density at radius 2 is 1.84 bits per heavy atom. The molecule has 1 aliphatic carbocycles. The van der Waals surface area contributed by atoms with E-state index in [1.54, 1.807) is 48.5 Å². The lowest BCUT2D eigenvalue weighted by molar-refractivity contribution is -0.153. The van der Waals surface area contributed by atoms with Crippen molar-refractivity contribution in [3.63, 3.8) is 0 Å². The monoisotopic (exact) mass is 444 g/mol. The fraction of sp³-hybridized carbons (Fsp3) is 0.348. The molecule has 0 heterocycles. The van der Waals surface area contributed by atoms with Crippen molar-refractivity contribution in [1.29, 1.82) is 0 Å². The normalized spacial score (nSPS) is 14.5. The first kappa shape index (κ1) is 22.6. The van der Waals surface area contributed by atoms with E-state index in [9.17, 15) is 14.4 Å². The van der Waals surface area contributed by atoms with Gasteiger partial charge in [0.1, 0.15) is 5.75 Å². The second kappa shape index (κ2) is 10.8. The van der Waals surface area contributed by atoms with Crippen LogP contribution >= 0.6 is 11.6 Å². The molecular formula is C23H25ClN2O5. The number of esters is 1. The van der Waals surface area contributed by atoms with Gasteiger partial charge < -0.3 is 20.1 Å². The zero-order chi connectivity index (χ0) is 22.2. The van der Waals surface area contributed by atoms with E-state index in [4.69, 9.17) is 21.1 Å². The number of nitrogens with one attached hydrogen (secondary N) is 2. The molecule has 2 aromatic rings. The van der Waals surface area contributed by atoms with E-state index >= 15 is 0 Å². The summed E-state index contributed by atoms with van der Waals surface area (Å²) >= 11 is 5.89. The van der Waals surface area contributed by atoms with E-state index in [0.717, 1.165) is 25.7 Å². The van der Waals surface area contributed by atoms with Crippen molar-refractivity contribution in [3.05, 3.63) is 59.1 Å². The number of amides is 2. The number of para-hydroxylation sites is 1. The lowest BCUT2D eigenvalue weighted by atomic mass is 10.1. The Morgan fingerprint density at radius 1 is 1.10 bits per heavy atom. The summed E-state index contributed by atoms with van der Waals surface area (Å²) in [4.78, 5) is 37.0. The van der Waals surface area contributed by atoms with Gasteiger partial charge in [-0.05, 0) is 50.1 Å². The van der Waals surface area contributed by atoms with Crippen molar-refractivity contribution in [2.75, 3.05) is 11.9 Å². The van der Waals surface area contributed by atoms with Crippen LogP contribution in [-0.4, -0.2) is 36.5 Å². The Bertz CT molecular complexity index is 943. The number of halogens is 1. The Labute approximate surface area is 186 Å². The smallest absolute Gasteiger partial charge is 0.347 e. The first-order chi connectivity index (χ1) is 14.9. The van der Waals surface area contributed by atoms with Crippen LogP contribution in [-0.2, 0) is 14.3 Å². The molecule has 31 heavy (non-hydrogen) atoms. The van der Waals surface area contributed by atoms with Gasteiger partial charge in [-0.15, -0.1) is 0 Å². The predicted octanol–water partition coefficient (Wildman–Crippen LogP) is 3.96. The standard InChI is InChI=1S/C23H25ClN2O5/c1-15(31-18-10-6-7-16(24)13-18)23(29)30-14-21(27)26-20-12-5-4-11-19(20)22(28)25-17-8-2-3-9-17/h4-7,10-13,15,17H,2-3,8-9,14H2,1H3,(H,25,28)(H,26,27). The first-order valence-corrected chi connectivity index (χ1v) is 10.6. The predicted molar refractivity (Wildman–Crippen MR) is 117 cm³/mol. The van der Waals surface area contributed by atoms with Crippen molar-refractivity contribution in [1.82, 2.24) is 5.32 Å². The van der Waals surface area contributed by atoms with Gasteiger partial charge in [0.25, 0.3) is 11.8 Å². The lowest BCUT2D eigenvalue weighted by Crippen LogP contribution is -2.33. The van der Waals surface area contributed by atoms with Gasteiger partial charge in [-0.25, -0.2) is 4.79 Å². The average Bonchev–Trinajstić information content (AvgIpc) is 3.25. The van der Waals surface area contributed by atoms with Crippen molar-refractivity contribution < 1.29 is 23.9 Å². The number of benzene rings is 2. The second-order valence-corrected chi connectivity index (χ2v) is 7.81. The Hall–Kier alpha value is -3.06. The van der Waals surface area contributed by atoms with Crippen LogP contribution in [0.25, 0.3) is 0 Å². The highest BCUT2D eigenvalue weighted by Gasteiger charge is 2.21. The Balaban J connectivity index is 1.51. The minimum absolute atomic E-state index is 0.165. The maximum absolute atomic E-state index is 12.6. The Morgan fingerprint density at radius 3 is 2.58 bits per heavy atom. The summed E-state index contributed by atoms with van der Waals surface area (Å²) in [7, 11) is 0. The third kappa shape index (κ3) is 6.72. The van der Waals surface area contributed by atoms with Gasteiger partial charge in [0.05, 0.1) is 11.3 Å². The molecule has 3 rings (SSSR count). The van der Waals surface area contributed by atoms with Crippen molar-refractivity contribution in [3.8, 4) is 5.75 Å². The zero-order valence-electron chi connectivity index (χ0n) is 17.2. The van der Waals surface area contributed by atoms with Gasteiger partial charge in [0.2, 0.25) is 0 Å². The minimum Gasteiger partial charge on any atom is -0.479 e. The fourth-order valence-corrected chi connectivity index (χ4v) is 3.54. The average molecular weight is 445 g/mol. The van der Waals surface area contributed by atoms with Gasteiger partial charge in [-0.3, -0.25) is 9.59 Å². The number of ether oxygens (including phenoxy) is 2. The minimum atomic E-state index is -0.921. The molecule has 1 atom stereocenters. The van der Waals surface area contributed by atoms with E-state index in [2.05, 4.69) is 10.6 Å². The van der Waals surface area contributed by atoms with Gasteiger partial charge in [0.15, 0.2) is 12.7 Å². The van der Waals surface area contributed by atoms with Crippen LogP contribution < -0.4 is 15.4 Å². The highest BCUT2D eigenvalue weighted by atomic mass is 35.5. The number of hydrogen-bond donors (Lipinski definition) is 2. The zero-order valence-corrected chi connectivity index (χ0v) is 18.0. The SMILES string of the molecule is CC(Oc1cccc(Cl)c1)C(=O)OCC(=O)Nc1ccccc1C(=O)NC1CCCC1. The topological polar surface area (TPSA) is 93.7 Å². The van der Waals surface area contributed by atoms with Crippen molar-refractivity contribution >= 4 is 35.1 Å². The van der Waals surface area contributed by atoms with Crippen LogP contribution in [0.15, 0.2) is 48.5 Å². The molecule has 1 unspecified atom stereocenters. The van der Waals surface area contributed by atoms with E-state index in [0.29, 0.717) is 22.0 Å². The summed E-state index contributed by atoms with van der Waals surface area (Å²) in [5, 5.41) is 6.11. The van der Waals surface area contributed by atoms with E-state index < -0.39 is 24.6 Å². The highest BCUT2D eigenvalue weighted by Crippen LogP contribution is 2.21. The van der Waals surface area contributed by atoms with Crippen LogP contribution in [0.2, 0.25) is 5.02 Å². The van der Waals surface area contributed by atoms with E-state index in [1.165, 1.54) is 6.92 Å². The molecule has 1 saturated carbocycles. The molecule has 1 fully saturated rings. The summed E-state index contributed by atoms with van der Waals surface area (Å²) < 4.78 is 10.5.